The summed E-state index contributed by atoms with van der Waals surface area (Å²) in [5.74, 6) is -2.10. The zero-order valence-electron chi connectivity index (χ0n) is 11.0. The fourth-order valence-electron chi connectivity index (χ4n) is 2.82. The van der Waals surface area contributed by atoms with E-state index >= 15 is 0 Å². The number of nitrogens with zero attached hydrogens (tertiary/aromatic N) is 1. The van der Waals surface area contributed by atoms with Gasteiger partial charge in [0.2, 0.25) is 0 Å². The number of Topliss-reactive ketones (excluding diaryl/α,β-unsaturated/α-hetero) is 1. The lowest BCUT2D eigenvalue weighted by atomic mass is 9.97. The molecule has 0 saturated carbocycles. The Morgan fingerprint density at radius 1 is 1.19 bits per heavy atom. The summed E-state index contributed by atoms with van der Waals surface area (Å²) in [5.41, 5.74) is -0.0312. The molecule has 2 aliphatic rings. The van der Waals surface area contributed by atoms with Gasteiger partial charge in [-0.1, -0.05) is 0 Å². The third-order valence-corrected chi connectivity index (χ3v) is 3.84. The molecule has 7 heteroatoms. The molecule has 7 nitrogen and oxygen atoms in total. The molecule has 1 fully saturated rings. The predicted molar refractivity (Wildman–Crippen MR) is 71.2 cm³/mol. The van der Waals surface area contributed by atoms with Gasteiger partial charge in [0.05, 0.1) is 22.9 Å². The van der Waals surface area contributed by atoms with Crippen LogP contribution >= 0.6 is 0 Å². The zero-order valence-corrected chi connectivity index (χ0v) is 11.0. The normalized spacial score (nSPS) is 20.3. The fraction of sp³-hybridized carbons (Fsp3) is 0.357. The molecule has 1 atom stereocenters. The minimum atomic E-state index is -1.31. The van der Waals surface area contributed by atoms with Gasteiger partial charge in [0.1, 0.15) is 18.1 Å². The van der Waals surface area contributed by atoms with E-state index in [1.165, 1.54) is 12.1 Å². The molecule has 0 amide bonds. The molecule has 1 aromatic rings. The van der Waals surface area contributed by atoms with Gasteiger partial charge in [-0.3, -0.25) is 4.79 Å². The molecule has 1 aromatic carbocycles. The summed E-state index contributed by atoms with van der Waals surface area (Å²) in [4.78, 5) is 35.8. The molecule has 2 aliphatic heterocycles. The smallest absolute Gasteiger partial charge is 0.336 e. The molecule has 0 aromatic heterocycles. The van der Waals surface area contributed by atoms with E-state index in [1.807, 2.05) is 4.90 Å². The van der Waals surface area contributed by atoms with Crippen LogP contribution in [0.25, 0.3) is 0 Å². The molecule has 110 valence electrons. The third-order valence-electron chi connectivity index (χ3n) is 3.84. The van der Waals surface area contributed by atoms with E-state index in [0.717, 1.165) is 0 Å². The minimum absolute atomic E-state index is 0.115. The lowest BCUT2D eigenvalue weighted by Gasteiger charge is -2.41. The largest absolute Gasteiger partial charge is 0.489 e. The number of benzene rings is 1. The van der Waals surface area contributed by atoms with Crippen LogP contribution in [0.1, 0.15) is 33.6 Å². The Kier molecular flexibility index (Phi) is 3.04. The highest BCUT2D eigenvalue weighted by atomic mass is 16.5. The van der Waals surface area contributed by atoms with Crippen molar-refractivity contribution >= 4 is 23.4 Å². The Morgan fingerprint density at radius 2 is 1.86 bits per heavy atom. The van der Waals surface area contributed by atoms with Crippen molar-refractivity contribution in [2.45, 2.75) is 18.9 Å². The summed E-state index contributed by atoms with van der Waals surface area (Å²) < 4.78 is 5.52. The number of hydrogen-bond acceptors (Lipinski definition) is 5. The summed E-state index contributed by atoms with van der Waals surface area (Å²) in [7, 11) is 0. The van der Waals surface area contributed by atoms with Crippen LogP contribution in [0.3, 0.4) is 0 Å². The van der Waals surface area contributed by atoms with Crippen molar-refractivity contribution in [2.75, 3.05) is 18.1 Å². The van der Waals surface area contributed by atoms with Crippen molar-refractivity contribution in [3.63, 3.8) is 0 Å². The van der Waals surface area contributed by atoms with Gasteiger partial charge in [0.25, 0.3) is 0 Å². The van der Waals surface area contributed by atoms with Crippen molar-refractivity contribution in [3.05, 3.63) is 23.3 Å². The van der Waals surface area contributed by atoms with E-state index in [9.17, 15) is 19.5 Å². The lowest BCUT2D eigenvalue weighted by molar-refractivity contribution is -0.120. The summed E-state index contributed by atoms with van der Waals surface area (Å²) in [6, 6.07) is 2.45. The number of carboxylic acids is 2. The first-order chi connectivity index (χ1) is 9.97. The first kappa shape index (κ1) is 13.4. The highest BCUT2D eigenvalue weighted by Gasteiger charge is 2.34. The van der Waals surface area contributed by atoms with E-state index in [1.54, 1.807) is 0 Å². The van der Waals surface area contributed by atoms with Gasteiger partial charge in [-0.2, -0.15) is 0 Å². The molecule has 0 aliphatic carbocycles. The van der Waals surface area contributed by atoms with E-state index < -0.39 is 11.9 Å². The molecule has 0 spiro atoms. The zero-order chi connectivity index (χ0) is 15.1. The summed E-state index contributed by atoms with van der Waals surface area (Å²) in [6.07, 6.45) is 0.765. The first-order valence-corrected chi connectivity index (χ1v) is 6.53. The Labute approximate surface area is 119 Å². The second-order valence-corrected chi connectivity index (χ2v) is 5.13. The van der Waals surface area contributed by atoms with Crippen molar-refractivity contribution in [1.29, 1.82) is 0 Å². The monoisotopic (exact) mass is 291 g/mol. The van der Waals surface area contributed by atoms with E-state index in [4.69, 9.17) is 9.84 Å². The molecule has 21 heavy (non-hydrogen) atoms. The first-order valence-electron chi connectivity index (χ1n) is 6.53. The SMILES string of the molecule is O=C1CCN2c3cc(C(=O)O)c(C(=O)O)cc3OC[C@H]2C1. The number of carbonyl (C=O) groups excluding carboxylic acids is 1. The summed E-state index contributed by atoms with van der Waals surface area (Å²) in [5, 5.41) is 18.3. The van der Waals surface area contributed by atoms with E-state index in [2.05, 4.69) is 0 Å². The number of fused-ring (bicyclic) bond motifs is 3. The Hall–Kier alpha value is -2.57. The van der Waals surface area contributed by atoms with Gasteiger partial charge >= 0.3 is 11.9 Å². The predicted octanol–water partition coefficient (Wildman–Crippen LogP) is 1.01. The third kappa shape index (κ3) is 2.20. The maximum atomic E-state index is 11.5. The number of piperidine rings is 1. The highest BCUT2D eigenvalue weighted by Crippen LogP contribution is 2.38. The molecule has 2 heterocycles. The van der Waals surface area contributed by atoms with Crippen LogP contribution in [-0.4, -0.2) is 47.1 Å². The van der Waals surface area contributed by atoms with Gasteiger partial charge in [0, 0.05) is 19.4 Å². The second-order valence-electron chi connectivity index (χ2n) is 5.13. The average molecular weight is 291 g/mol. The lowest BCUT2D eigenvalue weighted by Crippen LogP contribution is -2.48. The van der Waals surface area contributed by atoms with Crippen LogP contribution < -0.4 is 9.64 Å². The van der Waals surface area contributed by atoms with Crippen molar-refractivity contribution in [3.8, 4) is 5.75 Å². The summed E-state index contributed by atoms with van der Waals surface area (Å²) >= 11 is 0. The maximum Gasteiger partial charge on any atom is 0.336 e. The van der Waals surface area contributed by atoms with Crippen LogP contribution in [0.5, 0.6) is 5.75 Å². The quantitative estimate of drug-likeness (QED) is 0.838. The van der Waals surface area contributed by atoms with Crippen LogP contribution in [0.4, 0.5) is 5.69 Å². The number of aromatic carboxylic acids is 2. The van der Waals surface area contributed by atoms with Gasteiger partial charge in [-0.15, -0.1) is 0 Å². The van der Waals surface area contributed by atoms with E-state index in [0.29, 0.717) is 37.4 Å². The topological polar surface area (TPSA) is 104 Å². The number of hydrogen-bond donors (Lipinski definition) is 2. The Morgan fingerprint density at radius 3 is 2.52 bits per heavy atom. The Balaban J connectivity index is 2.09. The maximum absolute atomic E-state index is 11.5. The van der Waals surface area contributed by atoms with E-state index in [-0.39, 0.29) is 23.0 Å². The molecule has 0 radical (unpaired) electrons. The van der Waals surface area contributed by atoms with Crippen LogP contribution in [0.2, 0.25) is 0 Å². The number of anilines is 1. The van der Waals surface area contributed by atoms with Crippen LogP contribution in [0, 0.1) is 0 Å². The molecular formula is C14H13NO6. The molecular weight excluding hydrogens is 278 g/mol. The fourth-order valence-corrected chi connectivity index (χ4v) is 2.82. The number of ether oxygens (including phenoxy) is 1. The highest BCUT2D eigenvalue weighted by molar-refractivity contribution is 6.03. The molecule has 0 unspecified atom stereocenters. The summed E-state index contributed by atoms with van der Waals surface area (Å²) in [6.45, 7) is 0.787. The number of carboxylic acid groups (broad SMARTS) is 2. The second kappa shape index (κ2) is 4.76. The average Bonchev–Trinajstić information content (AvgIpc) is 2.45. The van der Waals surface area contributed by atoms with Crippen molar-refractivity contribution in [1.82, 2.24) is 0 Å². The molecule has 2 N–H and O–H groups in total. The number of rotatable bonds is 2. The van der Waals surface area contributed by atoms with Gasteiger partial charge in [-0.05, 0) is 12.1 Å². The molecule has 1 saturated heterocycles. The van der Waals surface area contributed by atoms with Gasteiger partial charge in [-0.25, -0.2) is 9.59 Å². The molecule has 3 rings (SSSR count). The minimum Gasteiger partial charge on any atom is -0.489 e. The van der Waals surface area contributed by atoms with Gasteiger partial charge < -0.3 is 19.8 Å². The Bertz CT molecular complexity index is 653. The van der Waals surface area contributed by atoms with Crippen molar-refractivity contribution in [2.24, 2.45) is 0 Å². The molecule has 0 bridgehead atoms. The number of ketones is 1. The number of carbonyl (C=O) groups is 3. The van der Waals surface area contributed by atoms with Crippen molar-refractivity contribution < 1.29 is 29.3 Å². The van der Waals surface area contributed by atoms with Gasteiger partial charge in [0.15, 0.2) is 0 Å². The van der Waals surface area contributed by atoms with Crippen LogP contribution in [-0.2, 0) is 4.79 Å². The van der Waals surface area contributed by atoms with Crippen LogP contribution in [0.15, 0.2) is 12.1 Å². The standard InChI is InChI=1S/C14H13NO6/c16-8-1-2-15-7(3-8)6-21-12-5-10(14(19)20)9(13(17)18)4-11(12)15/h4-5,7H,1-3,6H2,(H,17,18)(H,19,20)/t7-/m1/s1.